The Balaban J connectivity index is 1.56. The topological polar surface area (TPSA) is 12.5 Å². The Hall–Kier alpha value is -4.24. The standard InChI is InChI=1S/C32H24BNO/c1-21-18-22(2)31-30(19-21)35-29-15-9-14-28-32(29)33(31)26-20-24(23-10-5-3-6-11-23)16-17-27(26)34(28)25-12-7-4-8-13-25/h3-20H,1-2H3. The summed E-state index contributed by atoms with van der Waals surface area (Å²) in [5.74, 6) is 1.92. The zero-order valence-electron chi connectivity index (χ0n) is 19.8. The molecule has 7 rings (SSSR count). The van der Waals surface area contributed by atoms with Crippen LogP contribution in [0.25, 0.3) is 11.1 Å². The molecule has 0 aliphatic carbocycles. The second kappa shape index (κ2) is 7.64. The van der Waals surface area contributed by atoms with Crippen LogP contribution in [0, 0.1) is 13.8 Å². The second-order valence-electron chi connectivity index (χ2n) is 9.53. The van der Waals surface area contributed by atoms with E-state index < -0.39 is 0 Å². The van der Waals surface area contributed by atoms with Crippen LogP contribution in [0.2, 0.25) is 0 Å². The van der Waals surface area contributed by atoms with Gasteiger partial charge in [-0.15, -0.1) is 0 Å². The molecule has 3 heteroatoms. The molecule has 0 radical (unpaired) electrons. The first-order valence-corrected chi connectivity index (χ1v) is 12.2. The Morgan fingerprint density at radius 2 is 1.37 bits per heavy atom. The van der Waals surface area contributed by atoms with Crippen LogP contribution < -0.4 is 26.0 Å². The molecule has 2 nitrogen and oxygen atoms in total. The molecular formula is C32H24BNO. The molecule has 0 atom stereocenters. The third kappa shape index (κ3) is 3.05. The quantitative estimate of drug-likeness (QED) is 0.284. The third-order valence-corrected chi connectivity index (χ3v) is 7.28. The molecule has 2 aliphatic heterocycles. The lowest BCUT2D eigenvalue weighted by Gasteiger charge is -2.40. The highest BCUT2D eigenvalue weighted by Crippen LogP contribution is 2.41. The molecule has 0 amide bonds. The van der Waals surface area contributed by atoms with Gasteiger partial charge in [0.15, 0.2) is 0 Å². The van der Waals surface area contributed by atoms with Gasteiger partial charge in [-0.05, 0) is 83.3 Å². The average molecular weight is 449 g/mol. The third-order valence-electron chi connectivity index (χ3n) is 7.28. The maximum atomic E-state index is 6.57. The number of rotatable bonds is 2. The lowest BCUT2D eigenvalue weighted by molar-refractivity contribution is 0.487. The first-order valence-electron chi connectivity index (χ1n) is 12.2. The van der Waals surface area contributed by atoms with Crippen LogP contribution in [-0.2, 0) is 0 Å². The number of nitrogens with zero attached hydrogens (tertiary/aromatic N) is 1. The van der Waals surface area contributed by atoms with Crippen LogP contribution in [0.3, 0.4) is 0 Å². The summed E-state index contributed by atoms with van der Waals surface area (Å²) in [7, 11) is 0. The minimum Gasteiger partial charge on any atom is -0.458 e. The van der Waals surface area contributed by atoms with E-state index in [4.69, 9.17) is 4.74 Å². The molecule has 5 aromatic rings. The van der Waals surface area contributed by atoms with Gasteiger partial charge in [-0.1, -0.05) is 78.4 Å². The minimum absolute atomic E-state index is 0.115. The SMILES string of the molecule is Cc1cc(C)c2c(c1)Oc1cccc3c1B2c1cc(-c2ccccc2)ccc1N3c1ccccc1. The van der Waals surface area contributed by atoms with Crippen molar-refractivity contribution in [2.45, 2.75) is 13.8 Å². The van der Waals surface area contributed by atoms with Gasteiger partial charge in [0.2, 0.25) is 0 Å². The fourth-order valence-corrected chi connectivity index (χ4v) is 5.86. The van der Waals surface area contributed by atoms with E-state index >= 15 is 0 Å². The van der Waals surface area contributed by atoms with Gasteiger partial charge in [-0.3, -0.25) is 0 Å². The van der Waals surface area contributed by atoms with E-state index in [1.54, 1.807) is 0 Å². The van der Waals surface area contributed by atoms with Crippen LogP contribution in [0.15, 0.2) is 109 Å². The molecular weight excluding hydrogens is 425 g/mol. The van der Waals surface area contributed by atoms with Crippen LogP contribution in [0.5, 0.6) is 11.5 Å². The predicted molar refractivity (Wildman–Crippen MR) is 147 cm³/mol. The fourth-order valence-electron chi connectivity index (χ4n) is 5.86. The molecule has 35 heavy (non-hydrogen) atoms. The van der Waals surface area contributed by atoms with Gasteiger partial charge < -0.3 is 9.64 Å². The molecule has 5 aromatic carbocycles. The summed E-state index contributed by atoms with van der Waals surface area (Å²) in [5, 5.41) is 0. The summed E-state index contributed by atoms with van der Waals surface area (Å²) in [6.07, 6.45) is 0. The number of para-hydroxylation sites is 1. The molecule has 2 heterocycles. The van der Waals surface area contributed by atoms with Gasteiger partial charge in [0.05, 0.1) is 0 Å². The Kier molecular flexibility index (Phi) is 4.40. The second-order valence-corrected chi connectivity index (χ2v) is 9.53. The zero-order valence-corrected chi connectivity index (χ0v) is 19.8. The number of benzene rings is 5. The molecule has 2 aliphatic rings. The molecule has 0 bridgehead atoms. The van der Waals surface area contributed by atoms with Gasteiger partial charge in [-0.2, -0.15) is 0 Å². The number of ether oxygens (including phenoxy) is 1. The highest BCUT2D eigenvalue weighted by molar-refractivity contribution is 6.99. The summed E-state index contributed by atoms with van der Waals surface area (Å²) in [5.41, 5.74) is 12.3. The number of hydrogen-bond acceptors (Lipinski definition) is 2. The summed E-state index contributed by atoms with van der Waals surface area (Å²) < 4.78 is 6.57. The van der Waals surface area contributed by atoms with Crippen molar-refractivity contribution >= 4 is 40.2 Å². The number of aryl methyl sites for hydroxylation is 2. The predicted octanol–water partition coefficient (Wildman–Crippen LogP) is 6.38. The Bertz CT molecular complexity index is 1590. The zero-order chi connectivity index (χ0) is 23.5. The van der Waals surface area contributed by atoms with E-state index in [9.17, 15) is 0 Å². The number of hydrogen-bond donors (Lipinski definition) is 0. The van der Waals surface area contributed by atoms with E-state index in [1.807, 2.05) is 0 Å². The van der Waals surface area contributed by atoms with Gasteiger partial charge in [0.1, 0.15) is 11.5 Å². The molecule has 166 valence electrons. The summed E-state index contributed by atoms with van der Waals surface area (Å²) in [4.78, 5) is 2.39. The summed E-state index contributed by atoms with van der Waals surface area (Å²) in [6, 6.07) is 39.1. The van der Waals surface area contributed by atoms with Crippen molar-refractivity contribution in [2.24, 2.45) is 0 Å². The smallest absolute Gasteiger partial charge is 0.256 e. The van der Waals surface area contributed by atoms with E-state index in [1.165, 1.54) is 50.0 Å². The van der Waals surface area contributed by atoms with E-state index in [0.717, 1.165) is 17.2 Å². The highest BCUT2D eigenvalue weighted by Gasteiger charge is 2.42. The van der Waals surface area contributed by atoms with E-state index in [2.05, 4.69) is 128 Å². The van der Waals surface area contributed by atoms with E-state index in [0.29, 0.717) is 0 Å². The van der Waals surface area contributed by atoms with Crippen molar-refractivity contribution < 1.29 is 4.74 Å². The molecule has 0 saturated heterocycles. The first-order chi connectivity index (χ1) is 17.2. The molecule has 0 spiro atoms. The van der Waals surface area contributed by atoms with Crippen molar-refractivity contribution in [3.05, 3.63) is 120 Å². The van der Waals surface area contributed by atoms with E-state index in [-0.39, 0.29) is 6.71 Å². The summed E-state index contributed by atoms with van der Waals surface area (Å²) >= 11 is 0. The van der Waals surface area contributed by atoms with Gasteiger partial charge in [-0.25, -0.2) is 0 Å². The molecule has 0 unspecified atom stereocenters. The van der Waals surface area contributed by atoms with Gasteiger partial charge in [0.25, 0.3) is 6.71 Å². The average Bonchev–Trinajstić information content (AvgIpc) is 2.89. The monoisotopic (exact) mass is 449 g/mol. The lowest BCUT2D eigenvalue weighted by Crippen LogP contribution is -2.60. The van der Waals surface area contributed by atoms with Gasteiger partial charge >= 0.3 is 0 Å². The number of anilines is 3. The van der Waals surface area contributed by atoms with Crippen molar-refractivity contribution in [3.8, 4) is 22.6 Å². The van der Waals surface area contributed by atoms with Crippen LogP contribution in [-0.4, -0.2) is 6.71 Å². The van der Waals surface area contributed by atoms with Crippen molar-refractivity contribution in [3.63, 3.8) is 0 Å². The fraction of sp³-hybridized carbons (Fsp3) is 0.0625. The van der Waals surface area contributed by atoms with Crippen LogP contribution >= 0.6 is 0 Å². The normalized spacial score (nSPS) is 13.0. The maximum absolute atomic E-state index is 6.57. The maximum Gasteiger partial charge on any atom is 0.256 e. The Morgan fingerprint density at radius 1 is 0.600 bits per heavy atom. The summed E-state index contributed by atoms with van der Waals surface area (Å²) in [6.45, 7) is 4.47. The largest absolute Gasteiger partial charge is 0.458 e. The molecule has 0 fully saturated rings. The van der Waals surface area contributed by atoms with Crippen molar-refractivity contribution in [1.29, 1.82) is 0 Å². The van der Waals surface area contributed by atoms with Gasteiger partial charge in [0, 0.05) is 17.1 Å². The van der Waals surface area contributed by atoms with Crippen LogP contribution in [0.1, 0.15) is 11.1 Å². The van der Waals surface area contributed by atoms with Crippen molar-refractivity contribution in [1.82, 2.24) is 0 Å². The Morgan fingerprint density at radius 3 is 2.17 bits per heavy atom. The molecule has 0 saturated carbocycles. The molecule has 0 N–H and O–H groups in total. The lowest BCUT2D eigenvalue weighted by atomic mass is 9.33. The van der Waals surface area contributed by atoms with Crippen LogP contribution in [0.4, 0.5) is 17.1 Å². The number of fused-ring (bicyclic) bond motifs is 4. The molecule has 0 aromatic heterocycles. The highest BCUT2D eigenvalue weighted by atomic mass is 16.5. The minimum atomic E-state index is 0.115. The van der Waals surface area contributed by atoms with Crippen molar-refractivity contribution in [2.75, 3.05) is 4.90 Å². The first kappa shape index (κ1) is 20.2. The Labute approximate surface area is 206 Å².